The summed E-state index contributed by atoms with van der Waals surface area (Å²) in [6, 6.07) is 15.9. The van der Waals surface area contributed by atoms with Crippen LogP contribution in [0.3, 0.4) is 0 Å². The van der Waals surface area contributed by atoms with Crippen LogP contribution in [0.2, 0.25) is 5.02 Å². The predicted molar refractivity (Wildman–Crippen MR) is 128 cm³/mol. The second-order valence-electron chi connectivity index (χ2n) is 7.81. The number of rotatable bonds is 9. The lowest BCUT2D eigenvalue weighted by molar-refractivity contribution is -0.148. The number of carbonyl (C=O) groups excluding carboxylic acids is 1. The number of nitrogens with one attached hydrogen (secondary N) is 1. The van der Waals surface area contributed by atoms with Crippen molar-refractivity contribution >= 4 is 23.5 Å². The van der Waals surface area contributed by atoms with Crippen LogP contribution in [0.5, 0.6) is 0 Å². The summed E-state index contributed by atoms with van der Waals surface area (Å²) in [5.74, 6) is -2.21. The van der Waals surface area contributed by atoms with Gasteiger partial charge in [0.25, 0.3) is 5.91 Å². The molecular weight excluding hydrogens is 491 g/mol. The van der Waals surface area contributed by atoms with E-state index < -0.39 is 30.3 Å². The van der Waals surface area contributed by atoms with Gasteiger partial charge in [-0.05, 0) is 41.5 Å². The third kappa shape index (κ3) is 6.11. The molecule has 0 aliphatic heterocycles. The number of aliphatic hydroxyl groups is 1. The summed E-state index contributed by atoms with van der Waals surface area (Å²) in [7, 11) is 0. The van der Waals surface area contributed by atoms with Gasteiger partial charge in [0.1, 0.15) is 5.82 Å². The van der Waals surface area contributed by atoms with Crippen LogP contribution in [-0.4, -0.2) is 49.9 Å². The van der Waals surface area contributed by atoms with Gasteiger partial charge in [-0.15, -0.1) is 0 Å². The SMILES string of the molecule is O=C(NN(Cc1ccc(-c2cc(Cl)ccc2F)cc1)CC(O)C(=O)O)c1cc(-c2cccnc2)on1. The van der Waals surface area contributed by atoms with Crippen LogP contribution in [0.4, 0.5) is 4.39 Å². The molecule has 1 atom stereocenters. The van der Waals surface area contributed by atoms with Gasteiger partial charge >= 0.3 is 5.97 Å². The minimum absolute atomic E-state index is 0.0434. The quantitative estimate of drug-likeness (QED) is 0.290. The number of carboxylic acid groups (broad SMARTS) is 1. The third-order valence-electron chi connectivity index (χ3n) is 5.19. The van der Waals surface area contributed by atoms with E-state index in [0.29, 0.717) is 33.0 Å². The number of aromatic nitrogens is 2. The molecule has 2 aromatic heterocycles. The molecule has 2 heterocycles. The van der Waals surface area contributed by atoms with E-state index >= 15 is 0 Å². The summed E-state index contributed by atoms with van der Waals surface area (Å²) < 4.78 is 19.4. The molecule has 4 aromatic rings. The van der Waals surface area contributed by atoms with E-state index in [4.69, 9.17) is 21.2 Å². The summed E-state index contributed by atoms with van der Waals surface area (Å²) in [6.07, 6.45) is 1.39. The molecule has 2 aromatic carbocycles. The van der Waals surface area contributed by atoms with Gasteiger partial charge in [0.15, 0.2) is 17.6 Å². The maximum Gasteiger partial charge on any atom is 0.333 e. The smallest absolute Gasteiger partial charge is 0.333 e. The first-order valence-electron chi connectivity index (χ1n) is 10.7. The van der Waals surface area contributed by atoms with Crippen LogP contribution in [0.15, 0.2) is 77.6 Å². The molecule has 0 radical (unpaired) electrons. The number of nitrogens with zero attached hydrogens (tertiary/aromatic N) is 3. The van der Waals surface area contributed by atoms with E-state index in [1.165, 1.54) is 29.3 Å². The van der Waals surface area contributed by atoms with Crippen molar-refractivity contribution in [3.8, 4) is 22.5 Å². The Bertz CT molecular complexity index is 1360. The van der Waals surface area contributed by atoms with Crippen molar-refractivity contribution in [2.24, 2.45) is 0 Å². The number of halogens is 2. The second-order valence-corrected chi connectivity index (χ2v) is 8.25. The number of benzene rings is 2. The summed E-state index contributed by atoms with van der Waals surface area (Å²) >= 11 is 5.98. The van der Waals surface area contributed by atoms with E-state index in [9.17, 15) is 19.1 Å². The Balaban J connectivity index is 1.50. The Hall–Kier alpha value is -4.12. The third-order valence-corrected chi connectivity index (χ3v) is 5.43. The van der Waals surface area contributed by atoms with Crippen LogP contribution in [0.25, 0.3) is 22.5 Å². The zero-order valence-corrected chi connectivity index (χ0v) is 19.4. The molecule has 0 aliphatic carbocycles. The van der Waals surface area contributed by atoms with Crippen molar-refractivity contribution in [1.29, 1.82) is 0 Å². The van der Waals surface area contributed by atoms with Crippen molar-refractivity contribution in [1.82, 2.24) is 20.6 Å². The fraction of sp³-hybridized carbons (Fsp3) is 0.120. The zero-order chi connectivity index (χ0) is 25.7. The second kappa shape index (κ2) is 11.1. The first kappa shape index (κ1) is 25.0. The highest BCUT2D eigenvalue weighted by Crippen LogP contribution is 2.26. The number of hydrazine groups is 1. The van der Waals surface area contributed by atoms with Gasteiger partial charge in [-0.3, -0.25) is 15.2 Å². The maximum atomic E-state index is 14.2. The Morgan fingerprint density at radius 1 is 1.11 bits per heavy atom. The molecule has 184 valence electrons. The summed E-state index contributed by atoms with van der Waals surface area (Å²) in [4.78, 5) is 28.0. The first-order valence-corrected chi connectivity index (χ1v) is 11.1. The van der Waals surface area contributed by atoms with E-state index in [2.05, 4.69) is 15.6 Å². The average molecular weight is 511 g/mol. The fourth-order valence-electron chi connectivity index (χ4n) is 3.39. The summed E-state index contributed by atoms with van der Waals surface area (Å²) in [5.41, 5.74) is 4.71. The van der Waals surface area contributed by atoms with Gasteiger partial charge in [-0.25, -0.2) is 14.2 Å². The summed E-state index contributed by atoms with van der Waals surface area (Å²) in [6.45, 7) is -0.360. The van der Waals surface area contributed by atoms with Gasteiger partial charge in [0.05, 0.1) is 6.54 Å². The monoisotopic (exact) mass is 510 g/mol. The average Bonchev–Trinajstić information content (AvgIpc) is 3.37. The minimum Gasteiger partial charge on any atom is -0.479 e. The van der Waals surface area contributed by atoms with Crippen LogP contribution >= 0.6 is 11.6 Å². The van der Waals surface area contributed by atoms with Crippen molar-refractivity contribution in [3.05, 3.63) is 95.2 Å². The Morgan fingerprint density at radius 3 is 2.58 bits per heavy atom. The topological polar surface area (TPSA) is 129 Å². The number of aliphatic hydroxyl groups excluding tert-OH is 1. The molecule has 0 saturated heterocycles. The molecule has 0 bridgehead atoms. The molecule has 1 unspecified atom stereocenters. The van der Waals surface area contributed by atoms with E-state index in [-0.39, 0.29) is 12.2 Å². The fourth-order valence-corrected chi connectivity index (χ4v) is 3.57. The molecule has 1 amide bonds. The van der Waals surface area contributed by atoms with Crippen LogP contribution < -0.4 is 5.43 Å². The number of hydrogen-bond acceptors (Lipinski definition) is 7. The molecule has 4 rings (SSSR count). The lowest BCUT2D eigenvalue weighted by Crippen LogP contribution is -2.47. The standard InChI is InChI=1S/C25H20ClFN4O5/c26-18-7-8-20(27)19(10-18)16-5-3-15(4-6-16)13-31(14-22(32)25(34)35)29-24(33)21-11-23(36-30-21)17-2-1-9-28-12-17/h1-12,22,32H,13-14H2,(H,29,33)(H,34,35). The molecule has 0 spiro atoms. The molecule has 3 N–H and O–H groups in total. The number of carboxylic acids is 1. The van der Waals surface area contributed by atoms with Gasteiger partial charge in [-0.1, -0.05) is 41.0 Å². The van der Waals surface area contributed by atoms with Gasteiger partial charge < -0.3 is 14.7 Å². The summed E-state index contributed by atoms with van der Waals surface area (Å²) in [5, 5.41) is 24.4. The van der Waals surface area contributed by atoms with Crippen LogP contribution in [-0.2, 0) is 11.3 Å². The molecule has 36 heavy (non-hydrogen) atoms. The number of aliphatic carboxylic acids is 1. The molecule has 0 fully saturated rings. The van der Waals surface area contributed by atoms with Gasteiger partial charge in [0.2, 0.25) is 0 Å². The molecule has 9 nitrogen and oxygen atoms in total. The largest absolute Gasteiger partial charge is 0.479 e. The van der Waals surface area contributed by atoms with Crippen LogP contribution in [0.1, 0.15) is 16.1 Å². The van der Waals surface area contributed by atoms with Crippen molar-refractivity contribution in [2.75, 3.05) is 6.54 Å². The van der Waals surface area contributed by atoms with Gasteiger partial charge in [-0.2, -0.15) is 0 Å². The number of hydrogen-bond donors (Lipinski definition) is 3. The van der Waals surface area contributed by atoms with Crippen LogP contribution in [0, 0.1) is 5.82 Å². The van der Waals surface area contributed by atoms with Gasteiger partial charge in [0, 0.05) is 41.2 Å². The molecular formula is C25H20ClFN4O5. The number of pyridine rings is 1. The first-order chi connectivity index (χ1) is 17.3. The number of carbonyl (C=O) groups is 2. The maximum absolute atomic E-state index is 14.2. The lowest BCUT2D eigenvalue weighted by atomic mass is 10.0. The van der Waals surface area contributed by atoms with E-state index in [1.54, 1.807) is 48.8 Å². The normalized spacial score (nSPS) is 11.9. The lowest BCUT2D eigenvalue weighted by Gasteiger charge is -2.24. The molecule has 11 heteroatoms. The zero-order valence-electron chi connectivity index (χ0n) is 18.6. The van der Waals surface area contributed by atoms with Crippen molar-refractivity contribution in [3.63, 3.8) is 0 Å². The molecule has 0 aliphatic rings. The molecule has 0 saturated carbocycles. The van der Waals surface area contributed by atoms with E-state index in [1.807, 2.05) is 0 Å². The highest BCUT2D eigenvalue weighted by atomic mass is 35.5. The Morgan fingerprint density at radius 2 is 1.89 bits per heavy atom. The van der Waals surface area contributed by atoms with Crippen molar-refractivity contribution in [2.45, 2.75) is 12.6 Å². The Kier molecular flexibility index (Phi) is 7.69. The highest BCUT2D eigenvalue weighted by Gasteiger charge is 2.22. The minimum atomic E-state index is -1.76. The highest BCUT2D eigenvalue weighted by molar-refractivity contribution is 6.30. The predicted octanol–water partition coefficient (Wildman–Crippen LogP) is 3.79. The van der Waals surface area contributed by atoms with E-state index in [0.717, 1.165) is 0 Å². The Labute approximate surface area is 209 Å². The number of amides is 1. The van der Waals surface area contributed by atoms with Crippen molar-refractivity contribution < 1.29 is 28.7 Å².